The third-order valence-corrected chi connectivity index (χ3v) is 5.41. The third-order valence-electron chi connectivity index (χ3n) is 3.87. The van der Waals surface area contributed by atoms with Crippen LogP contribution in [-0.4, -0.2) is 24.0 Å². The van der Waals surface area contributed by atoms with Gasteiger partial charge in [-0.25, -0.2) is 0 Å². The Kier molecular flexibility index (Phi) is 6.79. The van der Waals surface area contributed by atoms with E-state index >= 15 is 0 Å². The fourth-order valence-corrected chi connectivity index (χ4v) is 3.60. The quantitative estimate of drug-likeness (QED) is 0.353. The monoisotopic (exact) mass is 514 g/mol. The Hall–Kier alpha value is -2.13. The highest BCUT2D eigenvalue weighted by molar-refractivity contribution is 9.10. The van der Waals surface area contributed by atoms with Gasteiger partial charge in [0.15, 0.2) is 16.6 Å². The first-order chi connectivity index (χ1) is 13.8. The third kappa shape index (κ3) is 5.08. The molecule has 3 rings (SSSR count). The number of hydrogen-bond acceptors (Lipinski definition) is 5. The summed E-state index contributed by atoms with van der Waals surface area (Å²) < 4.78 is 11.9. The van der Waals surface area contributed by atoms with Gasteiger partial charge in [-0.05, 0) is 69.6 Å². The van der Waals surface area contributed by atoms with Gasteiger partial charge in [-0.1, -0.05) is 29.3 Å². The summed E-state index contributed by atoms with van der Waals surface area (Å²) >= 11 is 20.2. The number of carbonyl (C=O) groups is 2. The average molecular weight is 516 g/mol. The minimum Gasteiger partial charge on any atom is -0.493 e. The minimum atomic E-state index is -0.575. The van der Waals surface area contributed by atoms with Crippen molar-refractivity contribution in [2.24, 2.45) is 0 Å². The second kappa shape index (κ2) is 9.13. The van der Waals surface area contributed by atoms with Gasteiger partial charge < -0.3 is 9.47 Å². The maximum atomic E-state index is 12.0. The van der Waals surface area contributed by atoms with Gasteiger partial charge in [0.05, 0.1) is 21.6 Å². The van der Waals surface area contributed by atoms with E-state index in [4.69, 9.17) is 44.9 Å². The molecule has 29 heavy (non-hydrogen) atoms. The summed E-state index contributed by atoms with van der Waals surface area (Å²) in [6, 6.07) is 8.56. The topological polar surface area (TPSA) is 76.7 Å². The minimum absolute atomic E-state index is 0.0260. The van der Waals surface area contributed by atoms with Crippen molar-refractivity contribution in [3.8, 4) is 11.5 Å². The first-order valence-electron chi connectivity index (χ1n) is 8.11. The van der Waals surface area contributed by atoms with Crippen LogP contribution in [0, 0.1) is 0 Å². The Balaban J connectivity index is 1.86. The molecule has 2 aromatic carbocycles. The molecule has 0 radical (unpaired) electrons. The molecule has 0 atom stereocenters. The van der Waals surface area contributed by atoms with Crippen molar-refractivity contribution >= 4 is 74.4 Å². The summed E-state index contributed by atoms with van der Waals surface area (Å²) in [5.41, 5.74) is 1.31. The Morgan fingerprint density at radius 3 is 2.41 bits per heavy atom. The molecule has 2 amide bonds. The molecule has 0 bridgehead atoms. The van der Waals surface area contributed by atoms with Gasteiger partial charge in [0.2, 0.25) is 0 Å². The molecule has 2 N–H and O–H groups in total. The molecule has 0 aromatic heterocycles. The molecule has 1 heterocycles. The predicted octanol–water partition coefficient (Wildman–Crippen LogP) is 4.26. The number of carbonyl (C=O) groups excluding carboxylic acids is 2. The number of thiocarbonyl (C=S) groups is 1. The zero-order valence-electron chi connectivity index (χ0n) is 14.8. The number of amides is 2. The Bertz CT molecular complexity index is 1040. The Morgan fingerprint density at radius 2 is 1.79 bits per heavy atom. The summed E-state index contributed by atoms with van der Waals surface area (Å²) in [6.07, 6.45) is 1.43. The number of methoxy groups -OCH3 is 1. The van der Waals surface area contributed by atoms with Crippen LogP contribution in [0.15, 0.2) is 40.4 Å². The molecule has 0 spiro atoms. The first-order valence-corrected chi connectivity index (χ1v) is 10.1. The first kappa shape index (κ1) is 21.6. The van der Waals surface area contributed by atoms with Crippen LogP contribution in [0.25, 0.3) is 6.08 Å². The molecule has 2 aromatic rings. The van der Waals surface area contributed by atoms with E-state index in [1.165, 1.54) is 13.2 Å². The fraction of sp³-hybridized carbons (Fsp3) is 0.105. The molecule has 0 aliphatic carbocycles. The number of benzene rings is 2. The van der Waals surface area contributed by atoms with Crippen molar-refractivity contribution in [2.45, 2.75) is 6.61 Å². The fourth-order valence-electron chi connectivity index (χ4n) is 2.52. The second-order valence-corrected chi connectivity index (χ2v) is 7.94. The predicted molar refractivity (Wildman–Crippen MR) is 118 cm³/mol. The van der Waals surface area contributed by atoms with E-state index in [9.17, 15) is 9.59 Å². The number of hydrogen-bond donors (Lipinski definition) is 2. The highest BCUT2D eigenvalue weighted by atomic mass is 79.9. The van der Waals surface area contributed by atoms with Crippen LogP contribution in [0.4, 0.5) is 0 Å². The zero-order chi connectivity index (χ0) is 21.1. The van der Waals surface area contributed by atoms with Crippen LogP contribution in [0.3, 0.4) is 0 Å². The molecule has 1 aliphatic heterocycles. The molecule has 150 valence electrons. The van der Waals surface area contributed by atoms with Crippen LogP contribution in [0.1, 0.15) is 11.1 Å². The van der Waals surface area contributed by atoms with Crippen molar-refractivity contribution < 1.29 is 19.1 Å². The van der Waals surface area contributed by atoms with Crippen LogP contribution in [-0.2, 0) is 16.2 Å². The summed E-state index contributed by atoms with van der Waals surface area (Å²) in [5.74, 6) is -0.277. The maximum Gasteiger partial charge on any atom is 0.263 e. The summed E-state index contributed by atoms with van der Waals surface area (Å²) in [5, 5.41) is 5.64. The van der Waals surface area contributed by atoms with Crippen molar-refractivity contribution in [1.82, 2.24) is 10.6 Å². The summed E-state index contributed by atoms with van der Waals surface area (Å²) in [7, 11) is 1.49. The molecule has 0 unspecified atom stereocenters. The van der Waals surface area contributed by atoms with E-state index in [0.29, 0.717) is 31.6 Å². The highest BCUT2D eigenvalue weighted by Crippen LogP contribution is 2.38. The van der Waals surface area contributed by atoms with Crippen molar-refractivity contribution in [2.75, 3.05) is 7.11 Å². The van der Waals surface area contributed by atoms with Crippen molar-refractivity contribution in [3.63, 3.8) is 0 Å². The maximum absolute atomic E-state index is 12.0. The van der Waals surface area contributed by atoms with E-state index < -0.39 is 11.8 Å². The second-order valence-electron chi connectivity index (χ2n) is 5.87. The van der Waals surface area contributed by atoms with Crippen molar-refractivity contribution in [1.29, 1.82) is 0 Å². The van der Waals surface area contributed by atoms with Crippen LogP contribution in [0.2, 0.25) is 10.0 Å². The standard InChI is InChI=1S/C19H13BrCl2N2O4S/c1-27-15-7-10(4-11-17(25)23-19(29)24-18(11)26)5-12(20)16(15)28-8-9-2-3-13(21)14(22)6-9/h2-7H,8H2,1H3,(H2,23,24,25,26,29). The molecular weight excluding hydrogens is 503 g/mol. The zero-order valence-corrected chi connectivity index (χ0v) is 18.8. The van der Waals surface area contributed by atoms with E-state index in [1.54, 1.807) is 30.3 Å². The highest BCUT2D eigenvalue weighted by Gasteiger charge is 2.26. The van der Waals surface area contributed by atoms with Gasteiger partial charge in [-0.15, -0.1) is 0 Å². The van der Waals surface area contributed by atoms with E-state index in [1.807, 2.05) is 0 Å². The lowest BCUT2D eigenvalue weighted by molar-refractivity contribution is -0.123. The Morgan fingerprint density at radius 1 is 1.10 bits per heavy atom. The molecule has 1 saturated heterocycles. The van der Waals surface area contributed by atoms with E-state index in [2.05, 4.69) is 26.6 Å². The van der Waals surface area contributed by atoms with Gasteiger partial charge >= 0.3 is 0 Å². The van der Waals surface area contributed by atoms with Gasteiger partial charge in [-0.3, -0.25) is 20.2 Å². The average Bonchev–Trinajstić information content (AvgIpc) is 2.66. The van der Waals surface area contributed by atoms with E-state index in [-0.39, 0.29) is 17.3 Å². The SMILES string of the molecule is COc1cc(C=C2C(=O)NC(=S)NC2=O)cc(Br)c1OCc1ccc(Cl)c(Cl)c1. The van der Waals surface area contributed by atoms with Crippen molar-refractivity contribution in [3.05, 3.63) is 61.5 Å². The smallest absolute Gasteiger partial charge is 0.263 e. The molecular formula is C19H13BrCl2N2O4S. The molecule has 6 nitrogen and oxygen atoms in total. The molecule has 1 aliphatic rings. The lowest BCUT2D eigenvalue weighted by Gasteiger charge is -2.17. The Labute approximate surface area is 190 Å². The number of rotatable bonds is 5. The lowest BCUT2D eigenvalue weighted by atomic mass is 10.1. The van der Waals surface area contributed by atoms with Gasteiger partial charge in [0, 0.05) is 0 Å². The lowest BCUT2D eigenvalue weighted by Crippen LogP contribution is -2.51. The van der Waals surface area contributed by atoms with Gasteiger partial charge in [0.25, 0.3) is 11.8 Å². The number of nitrogens with one attached hydrogen (secondary N) is 2. The summed E-state index contributed by atoms with van der Waals surface area (Å²) in [6.45, 7) is 0.231. The van der Waals surface area contributed by atoms with Crippen LogP contribution >= 0.6 is 51.3 Å². The normalized spacial score (nSPS) is 13.7. The van der Waals surface area contributed by atoms with E-state index in [0.717, 1.165) is 5.56 Å². The summed E-state index contributed by atoms with van der Waals surface area (Å²) in [4.78, 5) is 24.0. The number of ether oxygens (including phenoxy) is 2. The largest absolute Gasteiger partial charge is 0.493 e. The van der Waals surface area contributed by atoms with Gasteiger partial charge in [0.1, 0.15) is 12.2 Å². The van der Waals surface area contributed by atoms with Gasteiger partial charge in [-0.2, -0.15) is 0 Å². The molecule has 0 saturated carbocycles. The van der Waals surface area contributed by atoms with Crippen LogP contribution < -0.4 is 20.1 Å². The molecule has 10 heteroatoms. The molecule has 1 fully saturated rings. The van der Waals surface area contributed by atoms with Crippen LogP contribution in [0.5, 0.6) is 11.5 Å². The number of halogens is 3.